The third-order valence-electron chi connectivity index (χ3n) is 4.13. The number of nitrogens with zero attached hydrogens (tertiary/aromatic N) is 3. The molecule has 0 aliphatic heterocycles. The first kappa shape index (κ1) is 21.4. The fraction of sp³-hybridized carbons (Fsp3) is 0.300. The van der Waals surface area contributed by atoms with Crippen LogP contribution in [0.15, 0.2) is 53.6 Å². The van der Waals surface area contributed by atoms with Gasteiger partial charge in [0.2, 0.25) is 10.0 Å². The molecule has 0 bridgehead atoms. The van der Waals surface area contributed by atoms with Crippen molar-refractivity contribution >= 4 is 33.5 Å². The molecule has 0 aliphatic carbocycles. The van der Waals surface area contributed by atoms with Gasteiger partial charge in [0.25, 0.3) is 5.91 Å². The van der Waals surface area contributed by atoms with Gasteiger partial charge in [0.1, 0.15) is 6.54 Å². The monoisotopic (exact) mass is 402 g/mol. The van der Waals surface area contributed by atoms with Gasteiger partial charge in [0, 0.05) is 19.8 Å². The van der Waals surface area contributed by atoms with E-state index in [4.69, 9.17) is 0 Å². The van der Waals surface area contributed by atoms with Crippen molar-refractivity contribution in [3.05, 3.63) is 59.7 Å². The summed E-state index contributed by atoms with van der Waals surface area (Å²) in [4.78, 5) is 14.2. The number of hydrogen-bond acceptors (Lipinski definition) is 5. The Bertz CT molecular complexity index is 921. The van der Waals surface area contributed by atoms with E-state index in [0.29, 0.717) is 5.69 Å². The summed E-state index contributed by atoms with van der Waals surface area (Å²) in [5, 5.41) is 3.91. The smallest absolute Gasteiger partial charge is 0.260 e. The Kier molecular flexibility index (Phi) is 7.17. The molecule has 0 aromatic heterocycles. The topological polar surface area (TPSA) is 82.1 Å². The van der Waals surface area contributed by atoms with Crippen molar-refractivity contribution in [2.75, 3.05) is 36.1 Å². The first-order valence-corrected chi connectivity index (χ1v) is 10.7. The van der Waals surface area contributed by atoms with Gasteiger partial charge in [-0.1, -0.05) is 31.2 Å². The summed E-state index contributed by atoms with van der Waals surface area (Å²) in [6.45, 7) is 1.67. The first-order valence-electron chi connectivity index (χ1n) is 8.86. The van der Waals surface area contributed by atoms with E-state index >= 15 is 0 Å². The Labute approximate surface area is 166 Å². The molecule has 2 aromatic carbocycles. The summed E-state index contributed by atoms with van der Waals surface area (Å²) in [6, 6.07) is 14.7. The van der Waals surface area contributed by atoms with Gasteiger partial charge in [-0.3, -0.25) is 9.10 Å². The zero-order valence-electron chi connectivity index (χ0n) is 16.6. The van der Waals surface area contributed by atoms with Crippen molar-refractivity contribution in [1.82, 2.24) is 5.43 Å². The average molecular weight is 403 g/mol. The number of hydrazone groups is 1. The van der Waals surface area contributed by atoms with Gasteiger partial charge < -0.3 is 4.90 Å². The second-order valence-corrected chi connectivity index (χ2v) is 8.48. The van der Waals surface area contributed by atoms with Gasteiger partial charge in [0.15, 0.2) is 0 Å². The summed E-state index contributed by atoms with van der Waals surface area (Å²) >= 11 is 0. The number of sulfonamides is 1. The fourth-order valence-electron chi connectivity index (χ4n) is 2.50. The van der Waals surface area contributed by atoms with Gasteiger partial charge in [-0.2, -0.15) is 5.10 Å². The summed E-state index contributed by atoms with van der Waals surface area (Å²) < 4.78 is 25.3. The summed E-state index contributed by atoms with van der Waals surface area (Å²) in [6.07, 6.45) is 3.44. The number of aryl methyl sites for hydroxylation is 1. The molecule has 0 unspecified atom stereocenters. The molecule has 0 aliphatic rings. The van der Waals surface area contributed by atoms with E-state index in [-0.39, 0.29) is 6.54 Å². The standard InChI is InChI=1S/C20H26N4O3S/c1-5-16-6-12-19(13-7-16)24(28(4,26)27)15-20(25)22-21-14-17-8-10-18(11-9-17)23(2)3/h6-14H,5,15H2,1-4H3,(H,22,25)/b21-14-. The number of carbonyl (C=O) groups is 1. The van der Waals surface area contributed by atoms with Crippen LogP contribution in [-0.2, 0) is 21.2 Å². The van der Waals surface area contributed by atoms with E-state index in [1.807, 2.05) is 62.3 Å². The molecule has 150 valence electrons. The molecule has 0 atom stereocenters. The van der Waals surface area contributed by atoms with Crippen LogP contribution >= 0.6 is 0 Å². The zero-order valence-corrected chi connectivity index (χ0v) is 17.4. The average Bonchev–Trinajstić information content (AvgIpc) is 2.66. The quantitative estimate of drug-likeness (QED) is 0.542. The number of amides is 1. The van der Waals surface area contributed by atoms with Crippen molar-refractivity contribution in [3.63, 3.8) is 0 Å². The fourth-order valence-corrected chi connectivity index (χ4v) is 3.36. The summed E-state index contributed by atoms with van der Waals surface area (Å²) in [5.41, 5.74) is 5.78. The third-order valence-corrected chi connectivity index (χ3v) is 5.27. The molecule has 8 heteroatoms. The molecule has 0 saturated carbocycles. The van der Waals surface area contributed by atoms with Gasteiger partial charge >= 0.3 is 0 Å². The maximum atomic E-state index is 12.2. The highest BCUT2D eigenvalue weighted by Gasteiger charge is 2.20. The van der Waals surface area contributed by atoms with Crippen LogP contribution in [0.1, 0.15) is 18.1 Å². The van der Waals surface area contributed by atoms with E-state index in [1.54, 1.807) is 12.1 Å². The molecule has 0 radical (unpaired) electrons. The Hall–Kier alpha value is -2.87. The highest BCUT2D eigenvalue weighted by molar-refractivity contribution is 7.92. The highest BCUT2D eigenvalue weighted by atomic mass is 32.2. The van der Waals surface area contributed by atoms with Crippen LogP contribution in [0.2, 0.25) is 0 Å². The van der Waals surface area contributed by atoms with Crippen LogP contribution in [-0.4, -0.2) is 47.4 Å². The Morgan fingerprint density at radius 3 is 2.11 bits per heavy atom. The molecule has 1 N–H and O–H groups in total. The van der Waals surface area contributed by atoms with Crippen molar-refractivity contribution < 1.29 is 13.2 Å². The molecule has 2 rings (SSSR count). The molecule has 7 nitrogen and oxygen atoms in total. The third kappa shape index (κ3) is 6.09. The SMILES string of the molecule is CCc1ccc(N(CC(=O)N/N=C\c2ccc(N(C)C)cc2)S(C)(=O)=O)cc1. The highest BCUT2D eigenvalue weighted by Crippen LogP contribution is 2.18. The van der Waals surface area contributed by atoms with Crippen LogP contribution in [0.4, 0.5) is 11.4 Å². The minimum atomic E-state index is -3.61. The number of rotatable bonds is 8. The number of carbonyl (C=O) groups excluding carboxylic acids is 1. The van der Waals surface area contributed by atoms with Crippen LogP contribution in [0.5, 0.6) is 0 Å². The van der Waals surface area contributed by atoms with E-state index < -0.39 is 15.9 Å². The van der Waals surface area contributed by atoms with Crippen LogP contribution in [0.25, 0.3) is 0 Å². The van der Waals surface area contributed by atoms with Gasteiger partial charge in [-0.05, 0) is 41.8 Å². The lowest BCUT2D eigenvalue weighted by atomic mass is 10.1. The Morgan fingerprint density at radius 1 is 1.04 bits per heavy atom. The molecule has 0 fully saturated rings. The van der Waals surface area contributed by atoms with Gasteiger partial charge in [0.05, 0.1) is 18.2 Å². The van der Waals surface area contributed by atoms with Crippen molar-refractivity contribution in [3.8, 4) is 0 Å². The maximum absolute atomic E-state index is 12.2. The number of hydrogen-bond donors (Lipinski definition) is 1. The van der Waals surface area contributed by atoms with Crippen molar-refractivity contribution in [2.45, 2.75) is 13.3 Å². The summed E-state index contributed by atoms with van der Waals surface area (Å²) in [7, 11) is 0.295. The molecular weight excluding hydrogens is 376 g/mol. The zero-order chi connectivity index (χ0) is 20.7. The lowest BCUT2D eigenvalue weighted by molar-refractivity contribution is -0.119. The molecule has 0 heterocycles. The molecular formula is C20H26N4O3S. The van der Waals surface area contributed by atoms with Crippen LogP contribution in [0.3, 0.4) is 0 Å². The molecule has 28 heavy (non-hydrogen) atoms. The van der Waals surface area contributed by atoms with E-state index in [0.717, 1.165) is 33.8 Å². The van der Waals surface area contributed by atoms with Gasteiger partial charge in [-0.15, -0.1) is 0 Å². The minimum absolute atomic E-state index is 0.346. The second-order valence-electron chi connectivity index (χ2n) is 6.57. The lowest BCUT2D eigenvalue weighted by Gasteiger charge is -2.21. The Balaban J connectivity index is 2.03. The molecule has 2 aromatic rings. The van der Waals surface area contributed by atoms with Gasteiger partial charge in [-0.25, -0.2) is 13.8 Å². The maximum Gasteiger partial charge on any atom is 0.260 e. The first-order chi connectivity index (χ1) is 13.2. The van der Waals surface area contributed by atoms with E-state index in [1.165, 1.54) is 6.21 Å². The minimum Gasteiger partial charge on any atom is -0.378 e. The van der Waals surface area contributed by atoms with Crippen LogP contribution in [0, 0.1) is 0 Å². The summed E-state index contributed by atoms with van der Waals surface area (Å²) in [5.74, 6) is -0.522. The predicted octanol–water partition coefficient (Wildman–Crippen LogP) is 2.23. The predicted molar refractivity (Wildman–Crippen MR) is 115 cm³/mol. The van der Waals surface area contributed by atoms with Crippen LogP contribution < -0.4 is 14.6 Å². The Morgan fingerprint density at radius 2 is 1.61 bits per heavy atom. The van der Waals surface area contributed by atoms with E-state index in [2.05, 4.69) is 10.5 Å². The normalized spacial score (nSPS) is 11.4. The largest absolute Gasteiger partial charge is 0.378 e. The van der Waals surface area contributed by atoms with Crippen molar-refractivity contribution in [1.29, 1.82) is 0 Å². The number of nitrogens with one attached hydrogen (secondary N) is 1. The van der Waals surface area contributed by atoms with E-state index in [9.17, 15) is 13.2 Å². The molecule has 0 saturated heterocycles. The second kappa shape index (κ2) is 9.36. The number of benzene rings is 2. The van der Waals surface area contributed by atoms with Crippen molar-refractivity contribution in [2.24, 2.45) is 5.10 Å². The number of anilines is 2. The lowest BCUT2D eigenvalue weighted by Crippen LogP contribution is -2.39. The molecule has 0 spiro atoms. The molecule has 1 amide bonds.